The smallest absolute Gasteiger partial charge is 0.171 e. The van der Waals surface area contributed by atoms with E-state index in [-0.39, 0.29) is 14.9 Å². The number of hydrogen-bond donors (Lipinski definition) is 0. The van der Waals surface area contributed by atoms with Crippen LogP contribution >= 0.6 is 0 Å². The molecule has 0 N–H and O–H groups in total. The van der Waals surface area contributed by atoms with E-state index in [1.54, 1.807) is 30.4 Å². The first-order chi connectivity index (χ1) is 16.9. The largest absolute Gasteiger partial charge is 0.184 e. The van der Waals surface area contributed by atoms with Gasteiger partial charge in [-0.15, -0.1) is 29.7 Å². The van der Waals surface area contributed by atoms with Gasteiger partial charge in [-0.2, -0.15) is 84.9 Å². The van der Waals surface area contributed by atoms with Gasteiger partial charge in [0, 0.05) is 5.75 Å². The summed E-state index contributed by atoms with van der Waals surface area (Å²) >= 11 is 1.58. The summed E-state index contributed by atoms with van der Waals surface area (Å²) in [5.74, 6) is 0.821. The van der Waals surface area contributed by atoms with E-state index in [4.69, 9.17) is 4.74 Å². The summed E-state index contributed by atoms with van der Waals surface area (Å²) in [6.07, 6.45) is 11.0. The molecule has 0 heterocycles. The minimum Gasteiger partial charge on any atom is -0.184 e. The van der Waals surface area contributed by atoms with Gasteiger partial charge in [0.15, 0.2) is 0 Å². The Morgan fingerprint density at radius 3 is 1.78 bits per heavy atom. The molecular formula is C33H34OSiZr-6. The molecule has 36 heavy (non-hydrogen) atoms. The van der Waals surface area contributed by atoms with Crippen molar-refractivity contribution in [2.45, 2.75) is 12.8 Å². The second-order valence-electron chi connectivity index (χ2n) is 6.91. The van der Waals surface area contributed by atoms with Gasteiger partial charge in [0.25, 0.3) is 0 Å². The molecule has 2 aliphatic rings. The normalized spacial score (nSPS) is 10.2. The van der Waals surface area contributed by atoms with Crippen molar-refractivity contribution in [3.8, 4) is 16.9 Å². The van der Waals surface area contributed by atoms with E-state index < -0.39 is 0 Å². The zero-order valence-corrected chi connectivity index (χ0v) is 25.4. The fourth-order valence-corrected chi connectivity index (χ4v) is 3.18. The molecule has 0 radical (unpaired) electrons. The Morgan fingerprint density at radius 1 is 0.750 bits per heavy atom. The van der Waals surface area contributed by atoms with E-state index in [9.17, 15) is 0 Å². The molecule has 4 aromatic carbocycles. The Labute approximate surface area is 236 Å². The summed E-state index contributed by atoms with van der Waals surface area (Å²) in [5.41, 5.74) is 5.27. The van der Waals surface area contributed by atoms with Crippen LogP contribution in [0.25, 0.3) is 11.1 Å². The molecule has 0 aromatic heterocycles. The topological polar surface area (TPSA) is 9.23 Å². The average molecular weight is 566 g/mol. The summed E-state index contributed by atoms with van der Waals surface area (Å²) in [6, 6.07) is 40.9. The van der Waals surface area contributed by atoms with Crippen LogP contribution in [0, 0.1) is 39.1 Å². The molecule has 0 saturated heterocycles. The van der Waals surface area contributed by atoms with Crippen molar-refractivity contribution in [1.82, 2.24) is 0 Å². The zero-order valence-electron chi connectivity index (χ0n) is 21.5. The second-order valence-corrected chi connectivity index (χ2v) is 6.91. The van der Waals surface area contributed by atoms with Gasteiger partial charge >= 0.3 is 30.2 Å². The number of fused-ring (bicyclic) bond motifs is 3. The van der Waals surface area contributed by atoms with Crippen molar-refractivity contribution in [2.24, 2.45) is 0 Å². The van der Waals surface area contributed by atoms with Gasteiger partial charge in [0.05, 0.1) is 7.11 Å². The van der Waals surface area contributed by atoms with Gasteiger partial charge in [-0.1, -0.05) is 35.4 Å². The Bertz CT molecular complexity index is 1030. The number of allylic oxidation sites excluding steroid dienone is 4. The van der Waals surface area contributed by atoms with Gasteiger partial charge in [-0.05, 0) is 6.42 Å². The Hall–Kier alpha value is -2.74. The van der Waals surface area contributed by atoms with Gasteiger partial charge in [0.2, 0.25) is 0 Å². The minimum absolute atomic E-state index is 0. The van der Waals surface area contributed by atoms with Crippen LogP contribution in [0.5, 0.6) is 5.75 Å². The first kappa shape index (κ1) is 33.3. The third kappa shape index (κ3) is 12.3. The molecular weight excluding hydrogens is 532 g/mol. The number of benzene rings is 4. The molecule has 1 nitrogen and oxygen atoms in total. The molecule has 0 amide bonds. The molecule has 0 unspecified atom stereocenters. The predicted molar refractivity (Wildman–Crippen MR) is 154 cm³/mol. The van der Waals surface area contributed by atoms with Crippen LogP contribution in [-0.2, 0) is 29.8 Å². The van der Waals surface area contributed by atoms with E-state index >= 15 is 0 Å². The zero-order chi connectivity index (χ0) is 24.3. The molecule has 0 spiro atoms. The number of hydrogen-bond acceptors (Lipinski definition) is 1. The predicted octanol–water partition coefficient (Wildman–Crippen LogP) is 7.33. The number of ether oxygens (including phenoxy) is 1. The van der Waals surface area contributed by atoms with Gasteiger partial charge < -0.3 is 19.6 Å². The average Bonchev–Trinajstić information content (AvgIpc) is 3.64. The van der Waals surface area contributed by atoms with E-state index in [2.05, 4.69) is 60.7 Å². The van der Waals surface area contributed by atoms with Gasteiger partial charge in [-0.25, -0.2) is 12.2 Å². The molecule has 0 aliphatic heterocycles. The van der Waals surface area contributed by atoms with Crippen molar-refractivity contribution in [3.63, 3.8) is 0 Å². The van der Waals surface area contributed by atoms with Crippen LogP contribution in [0.15, 0.2) is 115 Å². The fraction of sp³-hybridized carbons (Fsp3) is 0.0909. The summed E-state index contributed by atoms with van der Waals surface area (Å²) in [7, 11) is 1.68. The Morgan fingerprint density at radius 2 is 1.36 bits per heavy atom. The molecule has 6 rings (SSSR count). The maximum Gasteiger partial charge on any atom is -0.171 e. The quantitative estimate of drug-likeness (QED) is 0.153. The molecule has 0 saturated carbocycles. The van der Waals surface area contributed by atoms with Crippen molar-refractivity contribution < 1.29 is 28.1 Å². The summed E-state index contributed by atoms with van der Waals surface area (Å²) in [6.45, 7) is 1.95. The maximum atomic E-state index is 5.18. The van der Waals surface area contributed by atoms with Crippen LogP contribution in [0.4, 0.5) is 0 Å². The standard InChI is InChI=1S/C14H11O.2C6H5.C5H5.2CH3.H2Si.Zr/c1-15-12-6-7-14-11(9-12)8-10-4-2-3-5-13(10)14;2*1-2-4-6-5-3-1;1-2-4-5-3-1;;;;/h2-7H,8H2,1H3;2*1-5H;1-3H,4H2;2*1H3;1H2;/q6*-1;;. The molecule has 4 aromatic rings. The SMILES string of the molecule is COc1[c-]c2c(cc1)-c1ccccc1C2.[C-]1=CC=CC1.[CH3-].[CH3-].[SiH2]=[Zr].[c-]1ccccc1.[c-]1ccccc1. The third-order valence-electron chi connectivity index (χ3n) is 4.70. The molecule has 0 atom stereocenters. The van der Waals surface area contributed by atoms with Crippen molar-refractivity contribution in [1.29, 1.82) is 0 Å². The van der Waals surface area contributed by atoms with Crippen LogP contribution < -0.4 is 4.74 Å². The summed E-state index contributed by atoms with van der Waals surface area (Å²) in [5, 5.41) is 0. The summed E-state index contributed by atoms with van der Waals surface area (Å²) < 4.78 is 5.18. The molecule has 3 heteroatoms. The second kappa shape index (κ2) is 21.5. The van der Waals surface area contributed by atoms with Crippen LogP contribution in [0.2, 0.25) is 0 Å². The maximum absolute atomic E-state index is 5.18. The molecule has 2 aliphatic carbocycles. The molecule has 0 fully saturated rings. The Kier molecular flexibility index (Phi) is 19.9. The fourth-order valence-electron chi connectivity index (χ4n) is 3.18. The summed E-state index contributed by atoms with van der Waals surface area (Å²) in [4.78, 5) is 0. The van der Waals surface area contributed by atoms with Crippen molar-refractivity contribution in [3.05, 3.63) is 166 Å². The molecule has 0 bridgehead atoms. The first-order valence-electron chi connectivity index (χ1n) is 10.9. The third-order valence-corrected chi connectivity index (χ3v) is 4.70. The number of rotatable bonds is 1. The van der Waals surface area contributed by atoms with E-state index in [0.717, 1.165) is 18.6 Å². The van der Waals surface area contributed by atoms with E-state index in [0.29, 0.717) is 0 Å². The van der Waals surface area contributed by atoms with Crippen LogP contribution in [0.1, 0.15) is 17.5 Å². The van der Waals surface area contributed by atoms with Crippen LogP contribution in [-0.4, -0.2) is 14.0 Å². The van der Waals surface area contributed by atoms with E-state index in [1.807, 2.05) is 85.8 Å². The van der Waals surface area contributed by atoms with Crippen LogP contribution in [0.3, 0.4) is 0 Å². The van der Waals surface area contributed by atoms with Gasteiger partial charge in [-0.3, -0.25) is 6.08 Å². The Balaban J connectivity index is 0.000000490. The monoisotopic (exact) mass is 564 g/mol. The number of methoxy groups -OCH3 is 1. The van der Waals surface area contributed by atoms with Crippen molar-refractivity contribution in [2.75, 3.05) is 7.11 Å². The minimum atomic E-state index is 0. The first-order valence-corrected chi connectivity index (χ1v) is 16.9. The molecule has 186 valence electrons. The van der Waals surface area contributed by atoms with Crippen molar-refractivity contribution >= 4 is 6.88 Å². The van der Waals surface area contributed by atoms with E-state index in [1.165, 1.54) is 22.3 Å². The van der Waals surface area contributed by atoms with Gasteiger partial charge in [0.1, 0.15) is 0 Å².